The molecule has 14 heavy (non-hydrogen) atoms. The lowest BCUT2D eigenvalue weighted by Gasteiger charge is -2.17. The number of anilines is 2. The van der Waals surface area contributed by atoms with Crippen LogP contribution in [0.15, 0.2) is 18.3 Å². The largest absolute Gasteiger partial charge is 0.384 e. The Morgan fingerprint density at radius 3 is 2.71 bits per heavy atom. The lowest BCUT2D eigenvalue weighted by molar-refractivity contribution is 0.540. The Hall–Kier alpha value is -1.25. The summed E-state index contributed by atoms with van der Waals surface area (Å²) >= 11 is 0. The van der Waals surface area contributed by atoms with Crippen LogP contribution in [0, 0.1) is 5.92 Å². The molecule has 0 bridgehead atoms. The second-order valence-electron chi connectivity index (χ2n) is 4.14. The lowest BCUT2D eigenvalue weighted by atomic mass is 10.1. The fraction of sp³-hybridized carbons (Fsp3) is 0.545. The molecule has 1 unspecified atom stereocenters. The topological polar surface area (TPSA) is 50.9 Å². The highest BCUT2D eigenvalue weighted by molar-refractivity contribution is 5.50. The third kappa shape index (κ3) is 3.64. The van der Waals surface area contributed by atoms with Crippen molar-refractivity contribution in [2.45, 2.75) is 33.2 Å². The molecule has 1 heterocycles. The van der Waals surface area contributed by atoms with Gasteiger partial charge in [-0.05, 0) is 25.3 Å². The first-order chi connectivity index (χ1) is 6.58. The molecule has 78 valence electrons. The Kier molecular flexibility index (Phi) is 3.74. The summed E-state index contributed by atoms with van der Waals surface area (Å²) in [5.41, 5.74) is 6.63. The van der Waals surface area contributed by atoms with E-state index in [4.69, 9.17) is 5.73 Å². The predicted molar refractivity (Wildman–Crippen MR) is 61.2 cm³/mol. The molecule has 0 aliphatic heterocycles. The number of hydrogen-bond donors (Lipinski definition) is 2. The van der Waals surface area contributed by atoms with Crippen molar-refractivity contribution in [1.29, 1.82) is 0 Å². The van der Waals surface area contributed by atoms with Crippen LogP contribution in [0.4, 0.5) is 11.5 Å². The van der Waals surface area contributed by atoms with E-state index in [1.165, 1.54) is 0 Å². The molecule has 0 aliphatic carbocycles. The van der Waals surface area contributed by atoms with E-state index >= 15 is 0 Å². The number of pyridine rings is 1. The molecule has 0 radical (unpaired) electrons. The van der Waals surface area contributed by atoms with Crippen LogP contribution in [0.1, 0.15) is 27.2 Å². The quantitative estimate of drug-likeness (QED) is 0.772. The zero-order valence-electron chi connectivity index (χ0n) is 9.12. The van der Waals surface area contributed by atoms with Gasteiger partial charge in [0.15, 0.2) is 0 Å². The van der Waals surface area contributed by atoms with Crippen molar-refractivity contribution >= 4 is 11.5 Å². The number of nitrogen functional groups attached to an aromatic ring is 1. The maximum Gasteiger partial charge on any atom is 0.125 e. The molecule has 0 spiro atoms. The fourth-order valence-corrected chi connectivity index (χ4v) is 1.59. The highest BCUT2D eigenvalue weighted by atomic mass is 14.9. The minimum Gasteiger partial charge on any atom is -0.384 e. The first kappa shape index (κ1) is 10.8. The molecule has 1 rings (SSSR count). The van der Waals surface area contributed by atoms with Gasteiger partial charge in [0.1, 0.15) is 5.82 Å². The molecule has 0 aromatic carbocycles. The highest BCUT2D eigenvalue weighted by Crippen LogP contribution is 2.13. The van der Waals surface area contributed by atoms with Gasteiger partial charge in [0.25, 0.3) is 0 Å². The minimum atomic E-state index is 0.469. The zero-order chi connectivity index (χ0) is 10.6. The van der Waals surface area contributed by atoms with Crippen molar-refractivity contribution in [3.05, 3.63) is 18.3 Å². The standard InChI is InChI=1S/C11H19N3/c1-8(2)6-9(3)14-10-4-5-13-11(12)7-10/h4-5,7-9H,6H2,1-3H3,(H3,12,13,14). The summed E-state index contributed by atoms with van der Waals surface area (Å²) < 4.78 is 0. The molecule has 0 fully saturated rings. The van der Waals surface area contributed by atoms with Crippen molar-refractivity contribution < 1.29 is 0 Å². The number of hydrogen-bond acceptors (Lipinski definition) is 3. The second-order valence-corrected chi connectivity index (χ2v) is 4.14. The summed E-state index contributed by atoms with van der Waals surface area (Å²) in [6, 6.07) is 4.26. The molecular weight excluding hydrogens is 174 g/mol. The van der Waals surface area contributed by atoms with Gasteiger partial charge in [0.2, 0.25) is 0 Å². The zero-order valence-corrected chi connectivity index (χ0v) is 9.12. The van der Waals surface area contributed by atoms with Gasteiger partial charge in [0, 0.05) is 24.0 Å². The fourth-order valence-electron chi connectivity index (χ4n) is 1.59. The molecule has 0 saturated carbocycles. The lowest BCUT2D eigenvalue weighted by Crippen LogP contribution is -2.17. The van der Waals surface area contributed by atoms with Gasteiger partial charge in [-0.15, -0.1) is 0 Å². The molecule has 3 N–H and O–H groups in total. The molecule has 3 heteroatoms. The molecule has 0 saturated heterocycles. The van der Waals surface area contributed by atoms with E-state index in [0.717, 1.165) is 12.1 Å². The van der Waals surface area contributed by atoms with E-state index in [-0.39, 0.29) is 0 Å². The van der Waals surface area contributed by atoms with E-state index in [0.29, 0.717) is 17.8 Å². The van der Waals surface area contributed by atoms with Crippen LogP contribution in [0.5, 0.6) is 0 Å². The predicted octanol–water partition coefficient (Wildman–Crippen LogP) is 2.51. The summed E-state index contributed by atoms with van der Waals surface area (Å²) in [7, 11) is 0. The monoisotopic (exact) mass is 193 g/mol. The van der Waals surface area contributed by atoms with Gasteiger partial charge < -0.3 is 11.1 Å². The Morgan fingerprint density at radius 1 is 1.43 bits per heavy atom. The van der Waals surface area contributed by atoms with Gasteiger partial charge in [-0.3, -0.25) is 0 Å². The molecule has 1 atom stereocenters. The summed E-state index contributed by atoms with van der Waals surface area (Å²) in [6.07, 6.45) is 2.88. The average Bonchev–Trinajstić information content (AvgIpc) is 2.01. The first-order valence-electron chi connectivity index (χ1n) is 5.06. The average molecular weight is 193 g/mol. The molecule has 0 aliphatic rings. The Bertz CT molecular complexity index is 284. The summed E-state index contributed by atoms with van der Waals surface area (Å²) in [6.45, 7) is 6.62. The van der Waals surface area contributed by atoms with Crippen LogP contribution < -0.4 is 11.1 Å². The number of nitrogens with two attached hydrogens (primary N) is 1. The normalized spacial score (nSPS) is 12.9. The minimum absolute atomic E-state index is 0.469. The number of nitrogens with zero attached hydrogens (tertiary/aromatic N) is 1. The van der Waals surface area contributed by atoms with Gasteiger partial charge in [-0.2, -0.15) is 0 Å². The highest BCUT2D eigenvalue weighted by Gasteiger charge is 2.04. The van der Waals surface area contributed by atoms with Crippen LogP contribution in [-0.2, 0) is 0 Å². The van der Waals surface area contributed by atoms with E-state index < -0.39 is 0 Å². The number of aromatic nitrogens is 1. The maximum atomic E-state index is 5.58. The van der Waals surface area contributed by atoms with E-state index in [2.05, 4.69) is 31.1 Å². The Morgan fingerprint density at radius 2 is 2.14 bits per heavy atom. The Balaban J connectivity index is 2.51. The molecule has 1 aromatic heterocycles. The van der Waals surface area contributed by atoms with E-state index in [1.807, 2.05) is 12.1 Å². The third-order valence-electron chi connectivity index (χ3n) is 2.02. The van der Waals surface area contributed by atoms with Crippen molar-refractivity contribution in [1.82, 2.24) is 4.98 Å². The Labute approximate surface area is 85.7 Å². The number of rotatable bonds is 4. The van der Waals surface area contributed by atoms with E-state index in [9.17, 15) is 0 Å². The summed E-state index contributed by atoms with van der Waals surface area (Å²) in [4.78, 5) is 3.95. The van der Waals surface area contributed by atoms with Crippen LogP contribution >= 0.6 is 0 Å². The maximum absolute atomic E-state index is 5.58. The van der Waals surface area contributed by atoms with E-state index in [1.54, 1.807) is 6.20 Å². The van der Waals surface area contributed by atoms with Crippen LogP contribution in [0.2, 0.25) is 0 Å². The summed E-state index contributed by atoms with van der Waals surface area (Å²) in [5, 5.41) is 3.39. The second kappa shape index (κ2) is 4.84. The van der Waals surface area contributed by atoms with Crippen molar-refractivity contribution in [3.8, 4) is 0 Å². The van der Waals surface area contributed by atoms with Gasteiger partial charge >= 0.3 is 0 Å². The van der Waals surface area contributed by atoms with Gasteiger partial charge in [-0.25, -0.2) is 4.98 Å². The van der Waals surface area contributed by atoms with Crippen LogP contribution in [0.25, 0.3) is 0 Å². The first-order valence-corrected chi connectivity index (χ1v) is 5.06. The smallest absolute Gasteiger partial charge is 0.125 e. The molecule has 3 nitrogen and oxygen atoms in total. The molecule has 0 amide bonds. The van der Waals surface area contributed by atoms with Gasteiger partial charge in [-0.1, -0.05) is 13.8 Å². The summed E-state index contributed by atoms with van der Waals surface area (Å²) in [5.74, 6) is 1.27. The SMILES string of the molecule is CC(C)CC(C)Nc1ccnc(N)c1. The molecule has 1 aromatic rings. The van der Waals surface area contributed by atoms with Crippen molar-refractivity contribution in [2.75, 3.05) is 11.1 Å². The van der Waals surface area contributed by atoms with Crippen LogP contribution in [0.3, 0.4) is 0 Å². The van der Waals surface area contributed by atoms with Crippen molar-refractivity contribution in [2.24, 2.45) is 5.92 Å². The van der Waals surface area contributed by atoms with Gasteiger partial charge in [0.05, 0.1) is 0 Å². The molecular formula is C11H19N3. The van der Waals surface area contributed by atoms with Crippen LogP contribution in [-0.4, -0.2) is 11.0 Å². The number of nitrogens with one attached hydrogen (secondary N) is 1. The third-order valence-corrected chi connectivity index (χ3v) is 2.02. The van der Waals surface area contributed by atoms with Crippen molar-refractivity contribution in [3.63, 3.8) is 0 Å².